The second-order valence-corrected chi connectivity index (χ2v) is 5.98. The molecule has 0 aliphatic heterocycles. The Hall–Kier alpha value is -2.95. The Morgan fingerprint density at radius 1 is 1.17 bits per heavy atom. The number of urea groups is 1. The summed E-state index contributed by atoms with van der Waals surface area (Å²) in [6.45, 7) is 1.98. The first-order valence-electron chi connectivity index (χ1n) is 8.03. The maximum absolute atomic E-state index is 12.1. The van der Waals surface area contributed by atoms with E-state index in [0.29, 0.717) is 0 Å². The van der Waals surface area contributed by atoms with Crippen molar-refractivity contribution in [2.45, 2.75) is 25.8 Å². The maximum Gasteiger partial charge on any atom is 0.319 e. The van der Waals surface area contributed by atoms with Crippen molar-refractivity contribution in [1.29, 1.82) is 0 Å². The molecule has 5 nitrogen and oxygen atoms in total. The predicted octanol–water partition coefficient (Wildman–Crippen LogP) is 4.02. The fourth-order valence-electron chi connectivity index (χ4n) is 2.63. The third kappa shape index (κ3) is 4.07. The molecule has 0 aliphatic carbocycles. The number of phenolic OH excluding ortho intramolecular Hbond substituents is 1. The van der Waals surface area contributed by atoms with E-state index < -0.39 is 0 Å². The van der Waals surface area contributed by atoms with Gasteiger partial charge >= 0.3 is 6.03 Å². The number of nitrogens with one attached hydrogen (secondary N) is 3. The normalized spacial score (nSPS) is 12.0. The summed E-state index contributed by atoms with van der Waals surface area (Å²) in [6, 6.07) is 14.7. The number of phenols is 1. The number of hydrogen-bond donors (Lipinski definition) is 4. The van der Waals surface area contributed by atoms with Gasteiger partial charge in [0.15, 0.2) is 0 Å². The van der Waals surface area contributed by atoms with Crippen molar-refractivity contribution < 1.29 is 9.90 Å². The van der Waals surface area contributed by atoms with E-state index in [0.717, 1.165) is 35.0 Å². The molecule has 1 heterocycles. The maximum atomic E-state index is 12.1. The van der Waals surface area contributed by atoms with Crippen LogP contribution in [0.1, 0.15) is 18.9 Å². The molecule has 0 bridgehead atoms. The lowest BCUT2D eigenvalue weighted by atomic mass is 10.1. The first kappa shape index (κ1) is 15.9. The zero-order valence-electron chi connectivity index (χ0n) is 13.5. The summed E-state index contributed by atoms with van der Waals surface area (Å²) in [5.74, 6) is 0.267. The van der Waals surface area contributed by atoms with Gasteiger partial charge in [0.05, 0.1) is 0 Å². The van der Waals surface area contributed by atoms with E-state index in [9.17, 15) is 9.90 Å². The van der Waals surface area contributed by atoms with Gasteiger partial charge in [-0.3, -0.25) is 0 Å². The molecule has 5 heteroatoms. The Balaban J connectivity index is 1.49. The Kier molecular flexibility index (Phi) is 4.70. The van der Waals surface area contributed by atoms with Crippen LogP contribution in [-0.4, -0.2) is 22.2 Å². The third-order valence-corrected chi connectivity index (χ3v) is 3.99. The Bertz CT molecular complexity index is 824. The zero-order chi connectivity index (χ0) is 16.9. The number of carbonyl (C=O) groups is 1. The summed E-state index contributed by atoms with van der Waals surface area (Å²) in [4.78, 5) is 15.2. The van der Waals surface area contributed by atoms with Crippen molar-refractivity contribution in [3.8, 4) is 5.75 Å². The minimum atomic E-state index is -0.209. The van der Waals surface area contributed by atoms with Crippen molar-refractivity contribution >= 4 is 22.6 Å². The lowest BCUT2D eigenvalue weighted by molar-refractivity contribution is 0.248. The van der Waals surface area contributed by atoms with Crippen LogP contribution in [0.3, 0.4) is 0 Å². The molecule has 0 spiro atoms. The highest BCUT2D eigenvalue weighted by Crippen LogP contribution is 2.17. The summed E-state index contributed by atoms with van der Waals surface area (Å²) in [5.41, 5.74) is 2.89. The van der Waals surface area contributed by atoms with Crippen LogP contribution < -0.4 is 10.6 Å². The first-order valence-corrected chi connectivity index (χ1v) is 8.03. The van der Waals surface area contributed by atoms with Crippen LogP contribution >= 0.6 is 0 Å². The van der Waals surface area contributed by atoms with Gasteiger partial charge in [0.2, 0.25) is 0 Å². The minimum Gasteiger partial charge on any atom is -0.508 e. The van der Waals surface area contributed by atoms with Crippen LogP contribution in [0.25, 0.3) is 10.9 Å². The van der Waals surface area contributed by atoms with E-state index in [1.54, 1.807) is 12.1 Å². The largest absolute Gasteiger partial charge is 0.508 e. The average Bonchev–Trinajstić information content (AvgIpc) is 3.02. The van der Waals surface area contributed by atoms with Crippen molar-refractivity contribution in [1.82, 2.24) is 10.3 Å². The minimum absolute atomic E-state index is 0.0491. The van der Waals surface area contributed by atoms with Crippen molar-refractivity contribution in [3.63, 3.8) is 0 Å². The molecular formula is C19H21N3O2. The molecule has 2 amide bonds. The third-order valence-electron chi connectivity index (χ3n) is 3.99. The number of anilines is 1. The van der Waals surface area contributed by atoms with Crippen molar-refractivity contribution in [3.05, 3.63) is 60.3 Å². The molecular weight excluding hydrogens is 302 g/mol. The van der Waals surface area contributed by atoms with Crippen LogP contribution in [0.5, 0.6) is 5.75 Å². The van der Waals surface area contributed by atoms with Crippen LogP contribution in [0.15, 0.2) is 54.7 Å². The molecule has 0 radical (unpaired) electrons. The molecule has 2 aromatic carbocycles. The van der Waals surface area contributed by atoms with Crippen LogP contribution in [-0.2, 0) is 6.42 Å². The number of H-pyrrole nitrogens is 1. The van der Waals surface area contributed by atoms with E-state index in [1.807, 2.05) is 49.5 Å². The second-order valence-electron chi connectivity index (χ2n) is 5.98. The molecule has 1 aromatic heterocycles. The number of aryl methyl sites for hydroxylation is 1. The highest BCUT2D eigenvalue weighted by Gasteiger charge is 2.08. The van der Waals surface area contributed by atoms with E-state index in [2.05, 4.69) is 15.6 Å². The number of fused-ring (bicyclic) bond motifs is 1. The smallest absolute Gasteiger partial charge is 0.319 e. The molecule has 24 heavy (non-hydrogen) atoms. The number of carbonyl (C=O) groups excluding carboxylic acids is 1. The summed E-state index contributed by atoms with van der Waals surface area (Å²) in [5, 5.41) is 16.2. The van der Waals surface area contributed by atoms with Crippen LogP contribution in [0, 0.1) is 0 Å². The van der Waals surface area contributed by atoms with Gasteiger partial charge in [-0.2, -0.15) is 0 Å². The molecule has 0 aliphatic rings. The van der Waals surface area contributed by atoms with Gasteiger partial charge in [-0.1, -0.05) is 18.2 Å². The van der Waals surface area contributed by atoms with Gasteiger partial charge in [0.1, 0.15) is 5.75 Å². The quantitative estimate of drug-likeness (QED) is 0.572. The van der Waals surface area contributed by atoms with Crippen molar-refractivity contribution in [2.24, 2.45) is 0 Å². The molecule has 3 aromatic rings. The Morgan fingerprint density at radius 2 is 1.96 bits per heavy atom. The van der Waals surface area contributed by atoms with E-state index in [-0.39, 0.29) is 17.8 Å². The molecule has 0 saturated carbocycles. The number of hydrogen-bond acceptors (Lipinski definition) is 2. The first-order chi connectivity index (χ1) is 11.6. The zero-order valence-corrected chi connectivity index (χ0v) is 13.5. The number of aromatic amines is 1. The van der Waals surface area contributed by atoms with Crippen LogP contribution in [0.4, 0.5) is 10.5 Å². The van der Waals surface area contributed by atoms with Gasteiger partial charge in [-0.15, -0.1) is 0 Å². The second kappa shape index (κ2) is 7.08. The Labute approximate surface area is 140 Å². The van der Waals surface area contributed by atoms with Gasteiger partial charge in [-0.05, 0) is 61.0 Å². The summed E-state index contributed by atoms with van der Waals surface area (Å²) < 4.78 is 0. The fraction of sp³-hybridized carbons (Fsp3) is 0.211. The number of amides is 2. The topological polar surface area (TPSA) is 77.2 Å². The molecule has 0 fully saturated rings. The van der Waals surface area contributed by atoms with Gasteiger partial charge in [-0.25, -0.2) is 4.79 Å². The predicted molar refractivity (Wildman–Crippen MR) is 96.3 cm³/mol. The monoisotopic (exact) mass is 323 g/mol. The lowest BCUT2D eigenvalue weighted by Crippen LogP contribution is -2.36. The van der Waals surface area contributed by atoms with E-state index in [1.165, 1.54) is 0 Å². The summed E-state index contributed by atoms with van der Waals surface area (Å²) in [6.07, 6.45) is 3.55. The van der Waals surface area contributed by atoms with E-state index in [4.69, 9.17) is 0 Å². The average molecular weight is 323 g/mol. The number of aromatic hydroxyl groups is 1. The van der Waals surface area contributed by atoms with E-state index >= 15 is 0 Å². The van der Waals surface area contributed by atoms with Crippen molar-refractivity contribution in [2.75, 3.05) is 5.32 Å². The summed E-state index contributed by atoms with van der Waals surface area (Å²) in [7, 11) is 0. The highest BCUT2D eigenvalue weighted by atomic mass is 16.3. The summed E-state index contributed by atoms with van der Waals surface area (Å²) >= 11 is 0. The molecule has 1 unspecified atom stereocenters. The SMILES string of the molecule is CC(CCc1ccc(O)cc1)NC(=O)Nc1ccc2cc[nH]c2c1. The van der Waals surface area contributed by atoms with Crippen LogP contribution in [0.2, 0.25) is 0 Å². The molecule has 4 N–H and O–H groups in total. The lowest BCUT2D eigenvalue weighted by Gasteiger charge is -2.15. The Morgan fingerprint density at radius 3 is 2.75 bits per heavy atom. The molecule has 124 valence electrons. The number of aromatic nitrogens is 1. The fourth-order valence-corrected chi connectivity index (χ4v) is 2.63. The molecule has 3 rings (SSSR count). The number of rotatable bonds is 5. The number of benzene rings is 2. The van der Waals surface area contributed by atoms with Gasteiger partial charge < -0.3 is 20.7 Å². The van der Waals surface area contributed by atoms with Gasteiger partial charge in [0, 0.05) is 23.4 Å². The standard InChI is InChI=1S/C19H21N3O2/c1-13(2-3-14-4-8-17(23)9-5-14)21-19(24)22-16-7-6-15-10-11-20-18(15)12-16/h4-13,20,23H,2-3H2,1H3,(H2,21,22,24). The van der Waals surface area contributed by atoms with Gasteiger partial charge in [0.25, 0.3) is 0 Å². The molecule has 1 atom stereocenters. The molecule has 0 saturated heterocycles. The highest BCUT2D eigenvalue weighted by molar-refractivity contribution is 5.92.